The fraction of sp³-hybridized carbons (Fsp3) is 0.308. The summed E-state index contributed by atoms with van der Waals surface area (Å²) in [6.07, 6.45) is -1.60. The number of alkyl halides is 3. The van der Waals surface area contributed by atoms with Crippen LogP contribution in [-0.2, 0) is 23.1 Å². The summed E-state index contributed by atoms with van der Waals surface area (Å²) in [5.74, 6) is 0. The van der Waals surface area contributed by atoms with Crippen LogP contribution >= 0.6 is 0 Å². The maximum absolute atomic E-state index is 12.5. The van der Waals surface area contributed by atoms with Crippen molar-refractivity contribution in [3.8, 4) is 0 Å². The summed E-state index contributed by atoms with van der Waals surface area (Å²) in [5.41, 5.74) is -0.529. The van der Waals surface area contributed by atoms with Crippen molar-refractivity contribution in [1.82, 2.24) is 9.55 Å². The van der Waals surface area contributed by atoms with Gasteiger partial charge < -0.3 is 4.57 Å². The Morgan fingerprint density at radius 1 is 1.19 bits per heavy atom. The molecule has 2 aromatic rings. The third-order valence-corrected chi connectivity index (χ3v) is 5.31. The van der Waals surface area contributed by atoms with Crippen molar-refractivity contribution in [2.75, 3.05) is 0 Å². The molecule has 0 radical (unpaired) electrons. The Bertz CT molecular complexity index is 734. The summed E-state index contributed by atoms with van der Waals surface area (Å²) in [4.78, 5) is 3.79. The van der Waals surface area contributed by atoms with Crippen molar-refractivity contribution in [1.29, 1.82) is 0 Å². The lowest BCUT2D eigenvalue weighted by Crippen LogP contribution is -2.15. The van der Waals surface area contributed by atoms with E-state index in [1.165, 1.54) is 36.0 Å². The summed E-state index contributed by atoms with van der Waals surface area (Å²) in [6.45, 7) is 1.42. The Morgan fingerprint density at radius 3 is 2.19 bits per heavy atom. The Balaban J connectivity index is 2.37. The monoisotopic (exact) mass is 318 g/mol. The summed E-state index contributed by atoms with van der Waals surface area (Å²) in [5, 5.41) is -1.10. The molecule has 1 aromatic heterocycles. The third kappa shape index (κ3) is 2.94. The molecule has 0 aliphatic carbocycles. The van der Waals surface area contributed by atoms with Gasteiger partial charge in [0, 0.05) is 19.4 Å². The van der Waals surface area contributed by atoms with Gasteiger partial charge in [-0.1, -0.05) is 12.1 Å². The highest BCUT2D eigenvalue weighted by atomic mass is 32.2. The molecule has 0 aliphatic rings. The van der Waals surface area contributed by atoms with Crippen LogP contribution in [0.3, 0.4) is 0 Å². The maximum Gasteiger partial charge on any atom is 0.416 e. The fourth-order valence-electron chi connectivity index (χ4n) is 1.91. The van der Waals surface area contributed by atoms with E-state index in [1.807, 2.05) is 0 Å². The normalized spacial score (nSPS) is 14.1. The van der Waals surface area contributed by atoms with Crippen LogP contribution in [0.5, 0.6) is 0 Å². The van der Waals surface area contributed by atoms with Gasteiger partial charge in [0.05, 0.1) is 10.8 Å². The second-order valence-electron chi connectivity index (χ2n) is 4.63. The van der Waals surface area contributed by atoms with Gasteiger partial charge in [-0.2, -0.15) is 13.2 Å². The lowest BCUT2D eigenvalue weighted by atomic mass is 10.1. The number of benzene rings is 1. The van der Waals surface area contributed by atoms with E-state index in [1.54, 1.807) is 7.05 Å². The van der Waals surface area contributed by atoms with Crippen LogP contribution in [0.25, 0.3) is 0 Å². The van der Waals surface area contributed by atoms with Crippen LogP contribution in [0, 0.1) is 0 Å². The van der Waals surface area contributed by atoms with Crippen molar-refractivity contribution in [3.63, 3.8) is 0 Å². The average Bonchev–Trinajstić information content (AvgIpc) is 2.84. The minimum absolute atomic E-state index is 0.116. The topological polar surface area (TPSA) is 52.0 Å². The number of halogens is 3. The zero-order valence-electron chi connectivity index (χ0n) is 11.3. The molecule has 1 heterocycles. The van der Waals surface area contributed by atoms with Gasteiger partial charge in [0.1, 0.15) is 0 Å². The zero-order chi connectivity index (χ0) is 15.8. The number of hydrogen-bond acceptors (Lipinski definition) is 3. The van der Waals surface area contributed by atoms with Gasteiger partial charge >= 0.3 is 6.18 Å². The number of imidazole rings is 1. The molecule has 0 aliphatic heterocycles. The largest absolute Gasteiger partial charge is 0.416 e. The fourth-order valence-corrected chi connectivity index (χ4v) is 3.41. The smallest absolute Gasteiger partial charge is 0.325 e. The van der Waals surface area contributed by atoms with Gasteiger partial charge in [0.25, 0.3) is 0 Å². The first-order valence-corrected chi connectivity index (χ1v) is 7.57. The standard InChI is InChI=1S/C13H13F3N2O2S/c1-9(21(19,20)12-17-7-8-18(12)2)10-3-5-11(6-4-10)13(14,15)16/h3-9H,1-2H3/t9-/m1/s1. The van der Waals surface area contributed by atoms with Gasteiger partial charge in [-0.25, -0.2) is 13.4 Å². The first kappa shape index (κ1) is 15.6. The van der Waals surface area contributed by atoms with Gasteiger partial charge in [0.2, 0.25) is 15.0 Å². The first-order valence-electron chi connectivity index (χ1n) is 6.02. The lowest BCUT2D eigenvalue weighted by Gasteiger charge is -2.14. The van der Waals surface area contributed by atoms with Crippen LogP contribution in [0.2, 0.25) is 0 Å². The number of nitrogens with zero attached hydrogens (tertiary/aromatic N) is 2. The molecule has 21 heavy (non-hydrogen) atoms. The third-order valence-electron chi connectivity index (χ3n) is 3.20. The molecule has 1 atom stereocenters. The molecule has 114 valence electrons. The summed E-state index contributed by atoms with van der Waals surface area (Å²) in [7, 11) is -2.22. The second-order valence-corrected chi connectivity index (χ2v) is 6.79. The number of aryl methyl sites for hydroxylation is 1. The lowest BCUT2D eigenvalue weighted by molar-refractivity contribution is -0.137. The summed E-state index contributed by atoms with van der Waals surface area (Å²) < 4.78 is 63.6. The molecule has 0 spiro atoms. The molecule has 0 bridgehead atoms. The Labute approximate surface area is 120 Å². The van der Waals surface area contributed by atoms with E-state index in [4.69, 9.17) is 0 Å². The van der Waals surface area contributed by atoms with Crippen molar-refractivity contribution in [2.45, 2.75) is 23.5 Å². The van der Waals surface area contributed by atoms with Gasteiger partial charge in [-0.15, -0.1) is 0 Å². The van der Waals surface area contributed by atoms with Crippen LogP contribution in [0.1, 0.15) is 23.3 Å². The quantitative estimate of drug-likeness (QED) is 0.874. The molecule has 0 fully saturated rings. The van der Waals surface area contributed by atoms with Crippen molar-refractivity contribution >= 4 is 9.84 Å². The van der Waals surface area contributed by atoms with E-state index >= 15 is 0 Å². The highest BCUT2D eigenvalue weighted by molar-refractivity contribution is 7.91. The molecule has 0 amide bonds. The van der Waals surface area contributed by atoms with Crippen molar-refractivity contribution in [2.24, 2.45) is 7.05 Å². The molecule has 2 rings (SSSR count). The number of aromatic nitrogens is 2. The molecular weight excluding hydrogens is 305 g/mol. The minimum atomic E-state index is -4.44. The molecule has 1 aromatic carbocycles. The van der Waals surface area contributed by atoms with Crippen molar-refractivity contribution in [3.05, 3.63) is 47.8 Å². The maximum atomic E-state index is 12.5. The molecule has 0 saturated carbocycles. The molecule has 0 N–H and O–H groups in total. The predicted molar refractivity (Wildman–Crippen MR) is 70.3 cm³/mol. The zero-order valence-corrected chi connectivity index (χ0v) is 12.1. The van der Waals surface area contributed by atoms with E-state index in [-0.39, 0.29) is 10.7 Å². The van der Waals surface area contributed by atoms with Gasteiger partial charge in [-0.3, -0.25) is 0 Å². The van der Waals surface area contributed by atoms with Gasteiger partial charge in [0.15, 0.2) is 0 Å². The number of rotatable bonds is 3. The molecule has 4 nitrogen and oxygen atoms in total. The Morgan fingerprint density at radius 2 is 1.76 bits per heavy atom. The minimum Gasteiger partial charge on any atom is -0.325 e. The van der Waals surface area contributed by atoms with E-state index in [2.05, 4.69) is 4.98 Å². The molecule has 8 heteroatoms. The first-order chi connectivity index (χ1) is 9.64. The van der Waals surface area contributed by atoms with E-state index in [0.717, 1.165) is 12.1 Å². The Kier molecular flexibility index (Phi) is 3.83. The van der Waals surface area contributed by atoms with Crippen LogP contribution in [0.4, 0.5) is 13.2 Å². The van der Waals surface area contributed by atoms with E-state index < -0.39 is 26.8 Å². The van der Waals surface area contributed by atoms with Crippen LogP contribution in [-0.4, -0.2) is 18.0 Å². The summed E-state index contributed by atoms with van der Waals surface area (Å²) >= 11 is 0. The molecule has 0 saturated heterocycles. The van der Waals surface area contributed by atoms with Crippen LogP contribution < -0.4 is 0 Å². The van der Waals surface area contributed by atoms with Crippen LogP contribution in [0.15, 0.2) is 41.8 Å². The number of hydrogen-bond donors (Lipinski definition) is 0. The number of sulfone groups is 1. The SMILES string of the molecule is C[C@H](c1ccc(C(F)(F)F)cc1)S(=O)(=O)c1nccn1C. The average molecular weight is 318 g/mol. The van der Waals surface area contributed by atoms with E-state index in [9.17, 15) is 21.6 Å². The highest BCUT2D eigenvalue weighted by Gasteiger charge is 2.32. The van der Waals surface area contributed by atoms with Crippen molar-refractivity contribution < 1.29 is 21.6 Å². The van der Waals surface area contributed by atoms with Gasteiger partial charge in [-0.05, 0) is 24.6 Å². The highest BCUT2D eigenvalue weighted by Crippen LogP contribution is 2.32. The molecule has 0 unspecified atom stereocenters. The molecular formula is C13H13F3N2O2S. The summed E-state index contributed by atoms with van der Waals surface area (Å²) in [6, 6.07) is 4.10. The Hall–Kier alpha value is -1.83. The second kappa shape index (κ2) is 5.18. The predicted octanol–water partition coefficient (Wildman–Crippen LogP) is 2.97. The van der Waals surface area contributed by atoms with E-state index in [0.29, 0.717) is 0 Å².